The molecule has 0 saturated carbocycles. The van der Waals surface area contributed by atoms with E-state index in [0.29, 0.717) is 0 Å². The Kier molecular flexibility index (Phi) is 4.57. The Balaban J connectivity index is 2.30. The van der Waals surface area contributed by atoms with E-state index in [1.807, 2.05) is 0 Å². The molecule has 1 aromatic rings. The third-order valence-electron chi connectivity index (χ3n) is 4.08. The van der Waals surface area contributed by atoms with E-state index in [0.717, 1.165) is 19.3 Å². The number of ketones is 1. The van der Waals surface area contributed by atoms with E-state index in [1.54, 1.807) is 0 Å². The van der Waals surface area contributed by atoms with Gasteiger partial charge in [-0.2, -0.15) is 0 Å². The van der Waals surface area contributed by atoms with Gasteiger partial charge >= 0.3 is 17.7 Å². The highest BCUT2D eigenvalue weighted by molar-refractivity contribution is 6.39. The number of rotatable bonds is 2. The second-order valence-electron chi connectivity index (χ2n) is 5.58. The first-order valence-electron chi connectivity index (χ1n) is 7.41. The first-order valence-corrected chi connectivity index (χ1v) is 8.17. The molecule has 1 aliphatic carbocycles. The number of halogens is 2. The summed E-state index contributed by atoms with van der Waals surface area (Å²) in [7, 11) is 2.27. The normalized spacial score (nSPS) is 20.9. The van der Waals surface area contributed by atoms with E-state index in [-0.39, 0.29) is 27.1 Å². The summed E-state index contributed by atoms with van der Waals surface area (Å²) in [4.78, 5) is 36.8. The molecule has 0 unspecified atom stereocenters. The third kappa shape index (κ3) is 2.64. The molecule has 1 N–H and O–H groups in total. The number of carbonyl (C=O) groups is 3. The van der Waals surface area contributed by atoms with Crippen LogP contribution in [0.1, 0.15) is 15.9 Å². The Morgan fingerprint density at radius 2 is 1.81 bits per heavy atom. The molecule has 1 spiro atoms. The minimum absolute atomic E-state index is 0.0830. The number of ether oxygens (including phenoxy) is 4. The molecule has 0 amide bonds. The molecule has 27 heavy (non-hydrogen) atoms. The first-order chi connectivity index (χ1) is 12.7. The first kappa shape index (κ1) is 19.1. The van der Waals surface area contributed by atoms with E-state index in [4.69, 9.17) is 37.4 Å². The second-order valence-corrected chi connectivity index (χ2v) is 6.33. The Bertz CT molecular complexity index is 962. The number of fused-ring (bicyclic) bond motifs is 1. The molecule has 0 aromatic heterocycles. The van der Waals surface area contributed by atoms with Gasteiger partial charge in [0, 0.05) is 12.2 Å². The number of phenols is 1. The van der Waals surface area contributed by atoms with Crippen molar-refractivity contribution in [3.8, 4) is 11.5 Å². The highest BCUT2D eigenvalue weighted by Gasteiger charge is 2.57. The third-order valence-corrected chi connectivity index (χ3v) is 5.00. The molecule has 2 aliphatic rings. The molecule has 1 atom stereocenters. The van der Waals surface area contributed by atoms with E-state index in [9.17, 15) is 19.5 Å². The lowest BCUT2D eigenvalue weighted by Gasteiger charge is -2.40. The number of allylic oxidation sites excluding steroid dienone is 2. The maximum atomic E-state index is 12.7. The highest BCUT2D eigenvalue weighted by Crippen LogP contribution is 2.51. The molecule has 1 aromatic carbocycles. The van der Waals surface area contributed by atoms with Crippen LogP contribution in [0.4, 0.5) is 0 Å². The van der Waals surface area contributed by atoms with Crippen molar-refractivity contribution in [2.45, 2.75) is 12.7 Å². The largest absolute Gasteiger partial charge is 0.505 e. The Hall–Kier alpha value is -2.71. The molecule has 3 rings (SSSR count). The fourth-order valence-corrected chi connectivity index (χ4v) is 3.21. The van der Waals surface area contributed by atoms with Crippen LogP contribution in [0.15, 0.2) is 23.5 Å². The van der Waals surface area contributed by atoms with Crippen molar-refractivity contribution in [3.05, 3.63) is 44.7 Å². The second kappa shape index (κ2) is 6.47. The highest BCUT2D eigenvalue weighted by atomic mass is 35.5. The van der Waals surface area contributed by atoms with Crippen LogP contribution in [-0.2, 0) is 23.8 Å². The van der Waals surface area contributed by atoms with E-state index in [1.165, 1.54) is 14.0 Å². The van der Waals surface area contributed by atoms with Crippen molar-refractivity contribution in [1.29, 1.82) is 0 Å². The van der Waals surface area contributed by atoms with Crippen LogP contribution in [0.25, 0.3) is 0 Å². The molecule has 0 bridgehead atoms. The van der Waals surface area contributed by atoms with Gasteiger partial charge in [-0.25, -0.2) is 9.59 Å². The zero-order chi connectivity index (χ0) is 20.1. The molecular weight excluding hydrogens is 403 g/mol. The average Bonchev–Trinajstić information content (AvgIpc) is 2.65. The molecule has 1 aliphatic heterocycles. The maximum Gasteiger partial charge on any atom is 0.349 e. The van der Waals surface area contributed by atoms with Crippen molar-refractivity contribution in [2.24, 2.45) is 0 Å². The Labute approximate surface area is 162 Å². The van der Waals surface area contributed by atoms with Crippen LogP contribution in [0.3, 0.4) is 0 Å². The monoisotopic (exact) mass is 414 g/mol. The van der Waals surface area contributed by atoms with Gasteiger partial charge in [0.1, 0.15) is 11.1 Å². The zero-order valence-corrected chi connectivity index (χ0v) is 15.7. The minimum Gasteiger partial charge on any atom is -0.505 e. The number of esters is 2. The summed E-state index contributed by atoms with van der Waals surface area (Å²) in [6.07, 6.45) is 1.88. The van der Waals surface area contributed by atoms with Crippen molar-refractivity contribution in [1.82, 2.24) is 0 Å². The van der Waals surface area contributed by atoms with E-state index >= 15 is 0 Å². The number of hydrogen-bond acceptors (Lipinski definition) is 8. The minimum atomic E-state index is -2.25. The molecule has 0 saturated heterocycles. The van der Waals surface area contributed by atoms with Gasteiger partial charge in [-0.1, -0.05) is 23.2 Å². The summed E-state index contributed by atoms with van der Waals surface area (Å²) >= 11 is 12.2. The van der Waals surface area contributed by atoms with Gasteiger partial charge in [-0.3, -0.25) is 4.79 Å². The summed E-state index contributed by atoms with van der Waals surface area (Å²) in [5, 5.41) is 9.98. The molecule has 0 radical (unpaired) electrons. The van der Waals surface area contributed by atoms with Gasteiger partial charge in [-0.15, -0.1) is 0 Å². The lowest BCUT2D eigenvalue weighted by molar-refractivity contribution is -0.155. The molecule has 0 fully saturated rings. The lowest BCUT2D eigenvalue weighted by Crippen LogP contribution is -2.52. The number of methoxy groups -OCH3 is 2. The maximum absolute atomic E-state index is 12.7. The van der Waals surface area contributed by atoms with Gasteiger partial charge in [-0.05, 0) is 12.5 Å². The fraction of sp³-hybridized carbons (Fsp3) is 0.235. The van der Waals surface area contributed by atoms with Gasteiger partial charge in [0.2, 0.25) is 0 Å². The number of benzene rings is 1. The number of phenolic OH excluding ortho intramolecular Hbond substituents is 1. The standard InChI is InChI=1S/C17H12Cl2O8/c1-6-11(18)13(21)10-14(12(6)19)26-17(27-16(10)23)8(15(22)25-3)4-7(20)5-9(17)24-2/h4-5,21H,1-3H3/t17-/m1/s1. The van der Waals surface area contributed by atoms with Crippen LogP contribution in [0.5, 0.6) is 11.5 Å². The van der Waals surface area contributed by atoms with Gasteiger partial charge in [0.05, 0.1) is 24.3 Å². The van der Waals surface area contributed by atoms with Crippen molar-refractivity contribution in [3.63, 3.8) is 0 Å². The summed E-state index contributed by atoms with van der Waals surface area (Å²) in [6.45, 7) is 1.50. The van der Waals surface area contributed by atoms with Crippen LogP contribution in [0.2, 0.25) is 10.0 Å². The van der Waals surface area contributed by atoms with Gasteiger partial charge < -0.3 is 24.1 Å². The summed E-state index contributed by atoms with van der Waals surface area (Å²) < 4.78 is 20.9. The molecular formula is C17H12Cl2O8. The SMILES string of the molecule is COC(=O)C1=CC(=O)C=C(OC)[C@]12OC(=O)c1c(O)c(Cl)c(C)c(Cl)c1O2. The average molecular weight is 415 g/mol. The Morgan fingerprint density at radius 3 is 2.41 bits per heavy atom. The predicted molar refractivity (Wildman–Crippen MR) is 91.8 cm³/mol. The van der Waals surface area contributed by atoms with E-state index in [2.05, 4.69) is 4.74 Å². The van der Waals surface area contributed by atoms with Gasteiger partial charge in [0.25, 0.3) is 0 Å². The Morgan fingerprint density at radius 1 is 1.15 bits per heavy atom. The van der Waals surface area contributed by atoms with Crippen LogP contribution in [-0.4, -0.2) is 42.8 Å². The van der Waals surface area contributed by atoms with Crippen molar-refractivity contribution in [2.75, 3.05) is 14.2 Å². The van der Waals surface area contributed by atoms with Gasteiger partial charge in [0.15, 0.2) is 23.0 Å². The van der Waals surface area contributed by atoms with Crippen molar-refractivity contribution >= 4 is 40.9 Å². The number of hydrogen-bond donors (Lipinski definition) is 1. The molecule has 10 heteroatoms. The topological polar surface area (TPSA) is 108 Å². The summed E-state index contributed by atoms with van der Waals surface area (Å²) in [5.41, 5.74) is -0.618. The lowest BCUT2D eigenvalue weighted by atomic mass is 9.94. The fourth-order valence-electron chi connectivity index (χ4n) is 2.75. The molecule has 8 nitrogen and oxygen atoms in total. The summed E-state index contributed by atoms with van der Waals surface area (Å²) in [5.74, 6) is -6.10. The quantitative estimate of drug-likeness (QED) is 0.734. The van der Waals surface area contributed by atoms with E-state index < -0.39 is 40.4 Å². The number of carbonyl (C=O) groups excluding carboxylic acids is 3. The van der Waals surface area contributed by atoms with Crippen LogP contribution in [0, 0.1) is 6.92 Å². The zero-order valence-electron chi connectivity index (χ0n) is 14.2. The van der Waals surface area contributed by atoms with Crippen molar-refractivity contribution < 1.29 is 38.4 Å². The number of aromatic hydroxyl groups is 1. The summed E-state index contributed by atoms with van der Waals surface area (Å²) in [6, 6.07) is 0. The van der Waals surface area contributed by atoms with Crippen LogP contribution < -0.4 is 4.74 Å². The molecule has 1 heterocycles. The molecule has 142 valence electrons. The predicted octanol–water partition coefficient (Wildman–Crippen LogP) is 2.47. The van der Waals surface area contributed by atoms with Crippen LogP contribution >= 0.6 is 23.2 Å². The smallest absolute Gasteiger partial charge is 0.349 e.